The van der Waals surface area contributed by atoms with Crippen LogP contribution in [-0.4, -0.2) is 42.9 Å². The largest absolute Gasteiger partial charge is 0.309 e. The number of thiophene rings is 1. The highest BCUT2D eigenvalue weighted by Crippen LogP contribution is 2.35. The Kier molecular flexibility index (Phi) is 5.03. The zero-order chi connectivity index (χ0) is 15.0. The van der Waals surface area contributed by atoms with E-state index in [9.17, 15) is 8.42 Å². The first-order valence-corrected chi connectivity index (χ1v) is 11.3. The minimum absolute atomic E-state index is 0.0635. The molecule has 0 spiro atoms. The van der Waals surface area contributed by atoms with E-state index in [0.29, 0.717) is 17.5 Å². The standard InChI is InChI=1S/C13H19BrN2O2S3/c1-9-8-19-5-4-16(9)21(17,18)12-6-11(20-13(12)14)7-15-10-2-3-10/h6,9-10,15H,2-5,7-8H2,1H3. The van der Waals surface area contributed by atoms with Crippen molar-refractivity contribution in [2.75, 3.05) is 18.1 Å². The number of hydrogen-bond acceptors (Lipinski definition) is 5. The van der Waals surface area contributed by atoms with Crippen LogP contribution in [0.5, 0.6) is 0 Å². The van der Waals surface area contributed by atoms with Gasteiger partial charge in [-0.05, 0) is 41.8 Å². The molecule has 1 saturated carbocycles. The van der Waals surface area contributed by atoms with Crippen LogP contribution in [0.1, 0.15) is 24.6 Å². The van der Waals surface area contributed by atoms with Gasteiger partial charge in [0.15, 0.2) is 0 Å². The summed E-state index contributed by atoms with van der Waals surface area (Å²) in [4.78, 5) is 1.50. The van der Waals surface area contributed by atoms with E-state index >= 15 is 0 Å². The highest BCUT2D eigenvalue weighted by Gasteiger charge is 2.33. The van der Waals surface area contributed by atoms with Crippen LogP contribution in [0.15, 0.2) is 14.7 Å². The van der Waals surface area contributed by atoms with Crippen LogP contribution >= 0.6 is 39.0 Å². The molecule has 1 aromatic rings. The molecule has 8 heteroatoms. The Bertz CT molecular complexity index is 613. The molecule has 2 fully saturated rings. The van der Waals surface area contributed by atoms with Crippen molar-refractivity contribution in [1.29, 1.82) is 0 Å². The molecule has 1 saturated heterocycles. The Morgan fingerprint density at radius 2 is 2.24 bits per heavy atom. The molecular weight excluding hydrogens is 392 g/mol. The average molecular weight is 411 g/mol. The summed E-state index contributed by atoms with van der Waals surface area (Å²) in [5.74, 6) is 1.75. The molecule has 0 radical (unpaired) electrons. The fourth-order valence-electron chi connectivity index (χ4n) is 2.39. The summed E-state index contributed by atoms with van der Waals surface area (Å²) < 4.78 is 28.1. The third-order valence-electron chi connectivity index (χ3n) is 3.74. The predicted octanol–water partition coefficient (Wildman–Crippen LogP) is 2.89. The van der Waals surface area contributed by atoms with Gasteiger partial charge >= 0.3 is 0 Å². The lowest BCUT2D eigenvalue weighted by atomic mass is 10.4. The molecule has 4 nitrogen and oxygen atoms in total. The van der Waals surface area contributed by atoms with E-state index in [-0.39, 0.29) is 6.04 Å². The van der Waals surface area contributed by atoms with Crippen LogP contribution in [0.2, 0.25) is 0 Å². The molecular formula is C13H19BrN2O2S3. The van der Waals surface area contributed by atoms with Gasteiger partial charge in [0, 0.05) is 41.6 Å². The van der Waals surface area contributed by atoms with Gasteiger partial charge in [-0.2, -0.15) is 16.1 Å². The monoisotopic (exact) mass is 410 g/mol. The van der Waals surface area contributed by atoms with Gasteiger partial charge in [0.25, 0.3) is 0 Å². The van der Waals surface area contributed by atoms with Gasteiger partial charge in [0.05, 0.1) is 3.79 Å². The first-order chi connectivity index (χ1) is 9.98. The van der Waals surface area contributed by atoms with Crippen LogP contribution in [0.4, 0.5) is 0 Å². The molecule has 3 rings (SSSR count). The molecule has 0 aromatic carbocycles. The summed E-state index contributed by atoms with van der Waals surface area (Å²) in [6.45, 7) is 3.35. The Morgan fingerprint density at radius 3 is 2.90 bits per heavy atom. The molecule has 1 unspecified atom stereocenters. The van der Waals surface area contributed by atoms with E-state index in [1.807, 2.05) is 24.8 Å². The lowest BCUT2D eigenvalue weighted by molar-refractivity contribution is 0.367. The van der Waals surface area contributed by atoms with E-state index in [2.05, 4.69) is 21.2 Å². The highest BCUT2D eigenvalue weighted by atomic mass is 79.9. The fraction of sp³-hybridized carbons (Fsp3) is 0.692. The van der Waals surface area contributed by atoms with Gasteiger partial charge in [-0.3, -0.25) is 0 Å². The molecule has 0 amide bonds. The molecule has 1 aromatic heterocycles. The number of nitrogens with zero attached hydrogens (tertiary/aromatic N) is 1. The molecule has 2 heterocycles. The maximum absolute atomic E-state index is 12.9. The van der Waals surface area contributed by atoms with Gasteiger partial charge in [0.1, 0.15) is 4.90 Å². The molecule has 118 valence electrons. The van der Waals surface area contributed by atoms with Crippen molar-refractivity contribution in [3.8, 4) is 0 Å². The minimum Gasteiger partial charge on any atom is -0.309 e. The molecule has 1 N–H and O–H groups in total. The summed E-state index contributed by atoms with van der Waals surface area (Å²) in [6, 6.07) is 2.52. The number of nitrogens with one attached hydrogen (secondary N) is 1. The smallest absolute Gasteiger partial charge is 0.245 e. The van der Waals surface area contributed by atoms with Crippen LogP contribution < -0.4 is 5.32 Å². The maximum Gasteiger partial charge on any atom is 0.245 e. The van der Waals surface area contributed by atoms with E-state index in [0.717, 1.165) is 26.7 Å². The Hall–Kier alpha value is 0.400. The quantitative estimate of drug-likeness (QED) is 0.810. The first kappa shape index (κ1) is 16.3. The van der Waals surface area contributed by atoms with Gasteiger partial charge in [-0.15, -0.1) is 11.3 Å². The Labute approximate surface area is 142 Å². The zero-order valence-electron chi connectivity index (χ0n) is 11.8. The molecule has 1 atom stereocenters. The SMILES string of the molecule is CC1CSCCN1S(=O)(=O)c1cc(CNC2CC2)sc1Br. The number of thioether (sulfide) groups is 1. The third kappa shape index (κ3) is 3.67. The molecule has 1 aliphatic heterocycles. The summed E-state index contributed by atoms with van der Waals surface area (Å²) in [7, 11) is -3.39. The second-order valence-corrected chi connectivity index (χ2v) is 11.0. The van der Waals surface area contributed by atoms with Crippen LogP contribution in [0.25, 0.3) is 0 Å². The molecule has 0 bridgehead atoms. The van der Waals surface area contributed by atoms with Gasteiger partial charge in [-0.25, -0.2) is 8.42 Å². The molecule has 2 aliphatic rings. The summed E-state index contributed by atoms with van der Waals surface area (Å²) >= 11 is 6.78. The lowest BCUT2D eigenvalue weighted by Crippen LogP contribution is -2.44. The van der Waals surface area contributed by atoms with Gasteiger partial charge in [-0.1, -0.05) is 0 Å². The third-order valence-corrected chi connectivity index (χ3v) is 9.20. The Balaban J connectivity index is 1.80. The van der Waals surface area contributed by atoms with Crippen molar-refractivity contribution in [2.24, 2.45) is 0 Å². The van der Waals surface area contributed by atoms with Crippen LogP contribution in [-0.2, 0) is 16.6 Å². The van der Waals surface area contributed by atoms with Crippen molar-refractivity contribution >= 4 is 49.1 Å². The predicted molar refractivity (Wildman–Crippen MR) is 92.6 cm³/mol. The van der Waals surface area contributed by atoms with E-state index in [4.69, 9.17) is 0 Å². The van der Waals surface area contributed by atoms with Gasteiger partial charge in [0.2, 0.25) is 10.0 Å². The van der Waals surface area contributed by atoms with E-state index in [1.54, 1.807) is 4.31 Å². The Morgan fingerprint density at radius 1 is 1.48 bits per heavy atom. The number of sulfonamides is 1. The minimum atomic E-state index is -3.39. The number of hydrogen-bond donors (Lipinski definition) is 1. The van der Waals surface area contributed by atoms with Crippen molar-refractivity contribution in [1.82, 2.24) is 9.62 Å². The zero-order valence-corrected chi connectivity index (χ0v) is 15.9. The summed E-state index contributed by atoms with van der Waals surface area (Å²) in [5.41, 5.74) is 0. The topological polar surface area (TPSA) is 49.4 Å². The summed E-state index contributed by atoms with van der Waals surface area (Å²) in [6.07, 6.45) is 2.47. The van der Waals surface area contributed by atoms with Crippen molar-refractivity contribution in [3.05, 3.63) is 14.7 Å². The fourth-order valence-corrected chi connectivity index (χ4v) is 7.83. The number of rotatable bonds is 5. The summed E-state index contributed by atoms with van der Waals surface area (Å²) in [5, 5.41) is 3.43. The normalized spacial score (nSPS) is 24.4. The average Bonchev–Trinajstić information content (AvgIpc) is 3.19. The van der Waals surface area contributed by atoms with Crippen molar-refractivity contribution in [3.63, 3.8) is 0 Å². The first-order valence-electron chi connectivity index (χ1n) is 7.09. The number of halogens is 1. The maximum atomic E-state index is 12.9. The molecule has 21 heavy (non-hydrogen) atoms. The second kappa shape index (κ2) is 6.49. The highest BCUT2D eigenvalue weighted by molar-refractivity contribution is 9.11. The van der Waals surface area contributed by atoms with E-state index < -0.39 is 10.0 Å². The van der Waals surface area contributed by atoms with Crippen molar-refractivity contribution < 1.29 is 8.42 Å². The second-order valence-electron chi connectivity index (χ2n) is 5.55. The van der Waals surface area contributed by atoms with Crippen LogP contribution in [0, 0.1) is 0 Å². The molecule has 1 aliphatic carbocycles. The van der Waals surface area contributed by atoms with Crippen LogP contribution in [0.3, 0.4) is 0 Å². The van der Waals surface area contributed by atoms with Gasteiger partial charge < -0.3 is 5.32 Å². The van der Waals surface area contributed by atoms with E-state index in [1.165, 1.54) is 24.2 Å². The lowest BCUT2D eigenvalue weighted by Gasteiger charge is -2.31. The van der Waals surface area contributed by atoms with Crippen molar-refractivity contribution in [2.45, 2.75) is 43.3 Å².